The van der Waals surface area contributed by atoms with Gasteiger partial charge in [-0.15, -0.1) is 0 Å². The van der Waals surface area contributed by atoms with E-state index in [0.717, 1.165) is 38.3 Å². The lowest BCUT2D eigenvalue weighted by Crippen LogP contribution is -2.50. The van der Waals surface area contributed by atoms with Crippen molar-refractivity contribution in [3.05, 3.63) is 71.0 Å². The van der Waals surface area contributed by atoms with E-state index in [1.165, 1.54) is 23.3 Å². The Bertz CT molecular complexity index is 818. The van der Waals surface area contributed by atoms with Crippen molar-refractivity contribution in [3.63, 3.8) is 0 Å². The molecule has 2 atom stereocenters. The summed E-state index contributed by atoms with van der Waals surface area (Å²) in [5.74, 6) is -0.266. The predicted molar refractivity (Wildman–Crippen MR) is 107 cm³/mol. The standard InChI is InChI=1S/C22H27FN4O/c1-16-4-2-3-5-18(16)15-26-10-12-27(13-11-26)22(28)20-14-24-25-21(20)17-6-8-19(23)9-7-17/h2-9,20-21,24-25H,10-15H2,1H3. The van der Waals surface area contributed by atoms with Crippen LogP contribution in [0.3, 0.4) is 0 Å². The minimum absolute atomic E-state index is 0.127. The molecule has 0 spiro atoms. The van der Waals surface area contributed by atoms with Crippen molar-refractivity contribution in [2.75, 3.05) is 32.7 Å². The Kier molecular flexibility index (Phi) is 5.71. The van der Waals surface area contributed by atoms with Gasteiger partial charge in [0.2, 0.25) is 5.91 Å². The van der Waals surface area contributed by atoms with Gasteiger partial charge >= 0.3 is 0 Å². The van der Waals surface area contributed by atoms with Gasteiger partial charge in [0.25, 0.3) is 0 Å². The molecule has 2 aromatic carbocycles. The molecule has 2 aliphatic heterocycles. The second kappa shape index (κ2) is 8.39. The number of amides is 1. The summed E-state index contributed by atoms with van der Waals surface area (Å²) in [7, 11) is 0. The van der Waals surface area contributed by atoms with Crippen molar-refractivity contribution in [1.82, 2.24) is 20.7 Å². The highest BCUT2D eigenvalue weighted by Gasteiger charge is 2.37. The number of hydrogen-bond acceptors (Lipinski definition) is 4. The molecule has 0 bridgehead atoms. The molecule has 0 aliphatic carbocycles. The van der Waals surface area contributed by atoms with Gasteiger partial charge in [-0.25, -0.2) is 9.82 Å². The molecule has 0 saturated carbocycles. The maximum Gasteiger partial charge on any atom is 0.229 e. The smallest absolute Gasteiger partial charge is 0.229 e. The fraction of sp³-hybridized carbons (Fsp3) is 0.409. The quantitative estimate of drug-likeness (QED) is 0.852. The molecule has 2 aromatic rings. The topological polar surface area (TPSA) is 47.6 Å². The van der Waals surface area contributed by atoms with Crippen LogP contribution in [0.5, 0.6) is 0 Å². The first-order valence-corrected chi connectivity index (χ1v) is 9.91. The van der Waals surface area contributed by atoms with Gasteiger partial charge in [-0.3, -0.25) is 15.1 Å². The molecule has 2 unspecified atom stereocenters. The second-order valence-electron chi connectivity index (χ2n) is 7.69. The molecule has 2 heterocycles. The molecule has 28 heavy (non-hydrogen) atoms. The van der Waals surface area contributed by atoms with E-state index in [4.69, 9.17) is 0 Å². The van der Waals surface area contributed by atoms with Crippen LogP contribution in [-0.2, 0) is 11.3 Å². The Hall–Kier alpha value is -2.28. The Balaban J connectivity index is 1.35. The van der Waals surface area contributed by atoms with Crippen LogP contribution in [0.4, 0.5) is 4.39 Å². The van der Waals surface area contributed by atoms with E-state index in [1.807, 2.05) is 4.90 Å². The van der Waals surface area contributed by atoms with Gasteiger partial charge in [-0.05, 0) is 35.7 Å². The number of nitrogens with one attached hydrogen (secondary N) is 2. The van der Waals surface area contributed by atoms with E-state index in [-0.39, 0.29) is 23.7 Å². The number of hydrazine groups is 1. The third kappa shape index (κ3) is 4.09. The van der Waals surface area contributed by atoms with Crippen LogP contribution in [0.1, 0.15) is 22.7 Å². The molecule has 2 aliphatic rings. The Labute approximate surface area is 165 Å². The van der Waals surface area contributed by atoms with E-state index in [0.29, 0.717) is 6.54 Å². The summed E-state index contributed by atoms with van der Waals surface area (Å²) in [6.45, 7) is 6.92. The fourth-order valence-corrected chi connectivity index (χ4v) is 4.10. The summed E-state index contributed by atoms with van der Waals surface area (Å²) in [4.78, 5) is 17.5. The lowest BCUT2D eigenvalue weighted by Gasteiger charge is -2.36. The molecule has 4 rings (SSSR count). The number of carbonyl (C=O) groups is 1. The van der Waals surface area contributed by atoms with Gasteiger partial charge in [0, 0.05) is 39.3 Å². The molecule has 148 valence electrons. The summed E-state index contributed by atoms with van der Waals surface area (Å²) in [6, 6.07) is 14.7. The van der Waals surface area contributed by atoms with E-state index in [9.17, 15) is 9.18 Å². The van der Waals surface area contributed by atoms with Crippen molar-refractivity contribution < 1.29 is 9.18 Å². The zero-order chi connectivity index (χ0) is 19.5. The first kappa shape index (κ1) is 19.1. The first-order valence-electron chi connectivity index (χ1n) is 9.91. The van der Waals surface area contributed by atoms with Crippen LogP contribution in [0.25, 0.3) is 0 Å². The zero-order valence-electron chi connectivity index (χ0n) is 16.2. The highest BCUT2D eigenvalue weighted by Crippen LogP contribution is 2.27. The van der Waals surface area contributed by atoms with Crippen LogP contribution in [0.15, 0.2) is 48.5 Å². The van der Waals surface area contributed by atoms with Crippen LogP contribution >= 0.6 is 0 Å². The Morgan fingerprint density at radius 3 is 2.50 bits per heavy atom. The summed E-state index contributed by atoms with van der Waals surface area (Å²) >= 11 is 0. The summed E-state index contributed by atoms with van der Waals surface area (Å²) in [5.41, 5.74) is 9.88. The zero-order valence-corrected chi connectivity index (χ0v) is 16.2. The number of hydrogen-bond donors (Lipinski definition) is 2. The lowest BCUT2D eigenvalue weighted by molar-refractivity contribution is -0.137. The molecule has 2 saturated heterocycles. The molecular weight excluding hydrogens is 355 g/mol. The monoisotopic (exact) mass is 382 g/mol. The SMILES string of the molecule is Cc1ccccc1CN1CCN(C(=O)C2CNNC2c2ccc(F)cc2)CC1. The van der Waals surface area contributed by atoms with Crippen LogP contribution in [-0.4, -0.2) is 48.4 Å². The third-order valence-corrected chi connectivity index (χ3v) is 5.87. The third-order valence-electron chi connectivity index (χ3n) is 5.87. The van der Waals surface area contributed by atoms with Crippen molar-refractivity contribution in [2.24, 2.45) is 5.92 Å². The Morgan fingerprint density at radius 1 is 1.07 bits per heavy atom. The van der Waals surface area contributed by atoms with Crippen molar-refractivity contribution >= 4 is 5.91 Å². The number of halogens is 1. The van der Waals surface area contributed by atoms with E-state index in [1.54, 1.807) is 12.1 Å². The average Bonchev–Trinajstić information content (AvgIpc) is 3.20. The number of nitrogens with zero attached hydrogens (tertiary/aromatic N) is 2. The van der Waals surface area contributed by atoms with Gasteiger partial charge < -0.3 is 4.90 Å². The summed E-state index contributed by atoms with van der Waals surface area (Å²) in [6.07, 6.45) is 0. The summed E-state index contributed by atoms with van der Waals surface area (Å²) < 4.78 is 13.2. The predicted octanol–water partition coefficient (Wildman–Crippen LogP) is 2.24. The first-order chi connectivity index (χ1) is 13.6. The number of aryl methyl sites for hydroxylation is 1. The van der Waals surface area contributed by atoms with Gasteiger partial charge in [0.15, 0.2) is 0 Å². The molecule has 2 N–H and O–H groups in total. The lowest BCUT2D eigenvalue weighted by atomic mass is 9.93. The van der Waals surface area contributed by atoms with Crippen molar-refractivity contribution in [3.8, 4) is 0 Å². The molecule has 0 radical (unpaired) electrons. The minimum atomic E-state index is -0.262. The minimum Gasteiger partial charge on any atom is -0.340 e. The average molecular weight is 382 g/mol. The molecule has 1 amide bonds. The molecule has 5 nitrogen and oxygen atoms in total. The van der Waals surface area contributed by atoms with Crippen LogP contribution in [0, 0.1) is 18.7 Å². The number of benzene rings is 2. The fourth-order valence-electron chi connectivity index (χ4n) is 4.10. The Morgan fingerprint density at radius 2 is 1.79 bits per heavy atom. The van der Waals surface area contributed by atoms with Crippen molar-refractivity contribution in [2.45, 2.75) is 19.5 Å². The normalized spacial score (nSPS) is 23.1. The molecule has 0 aromatic heterocycles. The number of rotatable bonds is 4. The molecule has 6 heteroatoms. The van der Waals surface area contributed by atoms with Gasteiger partial charge in [-0.2, -0.15) is 0 Å². The van der Waals surface area contributed by atoms with Crippen molar-refractivity contribution in [1.29, 1.82) is 0 Å². The van der Waals surface area contributed by atoms with Gasteiger partial charge in [0.05, 0.1) is 12.0 Å². The summed E-state index contributed by atoms with van der Waals surface area (Å²) in [5, 5.41) is 0. The highest BCUT2D eigenvalue weighted by atomic mass is 19.1. The van der Waals surface area contributed by atoms with Gasteiger partial charge in [0.1, 0.15) is 5.82 Å². The van der Waals surface area contributed by atoms with E-state index in [2.05, 4.69) is 46.9 Å². The van der Waals surface area contributed by atoms with Crippen LogP contribution in [0.2, 0.25) is 0 Å². The molecule has 2 fully saturated rings. The number of carbonyl (C=O) groups excluding carboxylic acids is 1. The largest absolute Gasteiger partial charge is 0.340 e. The van der Waals surface area contributed by atoms with Gasteiger partial charge in [-0.1, -0.05) is 36.4 Å². The van der Waals surface area contributed by atoms with Crippen LogP contribution < -0.4 is 10.9 Å². The number of piperazine rings is 1. The van der Waals surface area contributed by atoms with E-state index < -0.39 is 0 Å². The maximum absolute atomic E-state index is 13.2. The second-order valence-corrected chi connectivity index (χ2v) is 7.69. The van der Waals surface area contributed by atoms with E-state index >= 15 is 0 Å². The highest BCUT2D eigenvalue weighted by molar-refractivity contribution is 5.80. The molecular formula is C22H27FN4O. The maximum atomic E-state index is 13.2.